The first-order valence-electron chi connectivity index (χ1n) is 11.8. The van der Waals surface area contributed by atoms with Crippen molar-refractivity contribution in [3.8, 4) is 5.75 Å². The molecule has 2 aromatic rings. The first-order valence-corrected chi connectivity index (χ1v) is 14.4. The van der Waals surface area contributed by atoms with Crippen LogP contribution in [-0.4, -0.2) is 56.6 Å². The maximum absolute atomic E-state index is 13.4. The predicted octanol–water partition coefficient (Wildman–Crippen LogP) is 4.88. The third kappa shape index (κ3) is 9.09. The lowest BCUT2D eigenvalue weighted by Crippen LogP contribution is -2.52. The smallest absolute Gasteiger partial charge is 0.242 e. The van der Waals surface area contributed by atoms with Crippen molar-refractivity contribution in [3.05, 3.63) is 58.1 Å². The number of ether oxygens (including phenoxy) is 1. The molecule has 37 heavy (non-hydrogen) atoms. The molecule has 0 heterocycles. The maximum atomic E-state index is 13.4. The summed E-state index contributed by atoms with van der Waals surface area (Å²) in [6, 6.07) is 10.9. The molecule has 0 bridgehead atoms. The molecule has 0 radical (unpaired) electrons. The van der Waals surface area contributed by atoms with Gasteiger partial charge >= 0.3 is 0 Å². The fraction of sp³-hybridized carbons (Fsp3) is 0.462. The molecule has 2 rings (SSSR count). The number of benzene rings is 2. The number of sulfonamides is 1. The number of anilines is 1. The van der Waals surface area contributed by atoms with Gasteiger partial charge in [0, 0.05) is 46.7 Å². The Morgan fingerprint density at radius 3 is 2.22 bits per heavy atom. The van der Waals surface area contributed by atoms with Gasteiger partial charge < -0.3 is 15.0 Å². The molecule has 2 aromatic carbocycles. The number of carbonyl (C=O) groups excluding carboxylic acids is 2. The summed E-state index contributed by atoms with van der Waals surface area (Å²) in [7, 11) is -2.12. The molecule has 1 atom stereocenters. The van der Waals surface area contributed by atoms with E-state index < -0.39 is 21.6 Å². The fourth-order valence-electron chi connectivity index (χ4n) is 3.68. The van der Waals surface area contributed by atoms with Crippen LogP contribution in [0.4, 0.5) is 5.69 Å². The number of nitrogens with one attached hydrogen (secondary N) is 1. The molecule has 11 heteroatoms. The molecule has 0 aliphatic heterocycles. The van der Waals surface area contributed by atoms with E-state index in [-0.39, 0.29) is 37.7 Å². The van der Waals surface area contributed by atoms with E-state index in [1.165, 1.54) is 16.3 Å². The van der Waals surface area contributed by atoms with Gasteiger partial charge in [0.05, 0.1) is 19.1 Å². The van der Waals surface area contributed by atoms with Crippen LogP contribution in [0.3, 0.4) is 0 Å². The van der Waals surface area contributed by atoms with Crippen LogP contribution in [0.25, 0.3) is 0 Å². The normalized spacial score (nSPS) is 12.5. The number of hydrogen-bond acceptors (Lipinski definition) is 5. The molecule has 0 aliphatic carbocycles. The molecule has 0 unspecified atom stereocenters. The zero-order valence-electron chi connectivity index (χ0n) is 22.0. The quantitative estimate of drug-likeness (QED) is 0.414. The highest BCUT2D eigenvalue weighted by Gasteiger charge is 2.29. The van der Waals surface area contributed by atoms with Crippen molar-refractivity contribution < 1.29 is 22.7 Å². The van der Waals surface area contributed by atoms with Crippen molar-refractivity contribution in [1.82, 2.24) is 10.2 Å². The van der Waals surface area contributed by atoms with Crippen LogP contribution in [0, 0.1) is 0 Å². The third-order valence-electron chi connectivity index (χ3n) is 5.55. The lowest BCUT2D eigenvalue weighted by Gasteiger charge is -2.32. The molecule has 1 N–H and O–H groups in total. The highest BCUT2D eigenvalue weighted by Crippen LogP contribution is 2.27. The number of amides is 2. The van der Waals surface area contributed by atoms with Crippen LogP contribution in [0.15, 0.2) is 42.5 Å². The summed E-state index contributed by atoms with van der Waals surface area (Å²) >= 11 is 12.7. The Hall–Kier alpha value is -2.49. The molecular weight excluding hydrogens is 537 g/mol. The maximum Gasteiger partial charge on any atom is 0.242 e. The number of rotatable bonds is 11. The van der Waals surface area contributed by atoms with Gasteiger partial charge in [0.25, 0.3) is 0 Å². The first kappa shape index (κ1) is 30.7. The SMILES string of the molecule is COc1cccc(N(CCCC(=O)N(Cc2c(Cl)cccc2Cl)[C@@H](C)C(=O)NC(C)(C)C)S(C)(=O)=O)c1. The van der Waals surface area contributed by atoms with Crippen molar-refractivity contribution in [3.63, 3.8) is 0 Å². The van der Waals surface area contributed by atoms with E-state index in [1.54, 1.807) is 49.4 Å². The second-order valence-electron chi connectivity index (χ2n) is 9.78. The number of halogens is 2. The van der Waals surface area contributed by atoms with Gasteiger partial charge in [-0.15, -0.1) is 0 Å². The Balaban J connectivity index is 2.26. The van der Waals surface area contributed by atoms with E-state index in [0.29, 0.717) is 27.0 Å². The molecule has 0 spiro atoms. The van der Waals surface area contributed by atoms with Crippen molar-refractivity contribution >= 4 is 50.7 Å². The monoisotopic (exact) mass is 571 g/mol. The van der Waals surface area contributed by atoms with Gasteiger partial charge in [0.2, 0.25) is 21.8 Å². The minimum absolute atomic E-state index is 0.00516. The molecule has 204 valence electrons. The van der Waals surface area contributed by atoms with Gasteiger partial charge in [-0.1, -0.05) is 35.3 Å². The largest absolute Gasteiger partial charge is 0.497 e. The average molecular weight is 573 g/mol. The van der Waals surface area contributed by atoms with Gasteiger partial charge in [0.15, 0.2) is 0 Å². The molecular formula is C26H35Cl2N3O5S. The molecule has 8 nitrogen and oxygen atoms in total. The third-order valence-corrected chi connectivity index (χ3v) is 7.45. The van der Waals surface area contributed by atoms with Gasteiger partial charge in [0.1, 0.15) is 11.8 Å². The fourth-order valence-corrected chi connectivity index (χ4v) is 5.15. The lowest BCUT2D eigenvalue weighted by molar-refractivity contribution is -0.141. The van der Waals surface area contributed by atoms with E-state index in [0.717, 1.165) is 6.26 Å². The standard InChI is InChI=1S/C26H35Cl2N3O5S/c1-18(25(33)29-26(2,3)4)30(17-21-22(27)12-8-13-23(21)28)24(32)14-9-15-31(37(6,34)35)19-10-7-11-20(16-19)36-5/h7-8,10-13,16,18H,9,14-15,17H2,1-6H3,(H,29,33)/t18-/m0/s1. The van der Waals surface area contributed by atoms with E-state index in [4.69, 9.17) is 27.9 Å². The number of nitrogens with zero attached hydrogens (tertiary/aromatic N) is 2. The molecule has 2 amide bonds. The Morgan fingerprint density at radius 1 is 1.08 bits per heavy atom. The van der Waals surface area contributed by atoms with Crippen LogP contribution < -0.4 is 14.4 Å². The van der Waals surface area contributed by atoms with Crippen molar-refractivity contribution in [2.75, 3.05) is 24.2 Å². The van der Waals surface area contributed by atoms with Gasteiger partial charge in [-0.2, -0.15) is 0 Å². The zero-order chi connectivity index (χ0) is 28.0. The summed E-state index contributed by atoms with van der Waals surface area (Å²) in [4.78, 5) is 27.8. The van der Waals surface area contributed by atoms with Crippen LogP contribution in [0.1, 0.15) is 46.1 Å². The van der Waals surface area contributed by atoms with E-state index in [2.05, 4.69) is 5.32 Å². The second-order valence-corrected chi connectivity index (χ2v) is 12.5. The first-order chi connectivity index (χ1) is 17.1. The predicted molar refractivity (Wildman–Crippen MR) is 149 cm³/mol. The van der Waals surface area contributed by atoms with Crippen LogP contribution in [0.2, 0.25) is 10.0 Å². The molecule has 0 aromatic heterocycles. The number of carbonyl (C=O) groups is 2. The lowest BCUT2D eigenvalue weighted by atomic mass is 10.1. The van der Waals surface area contributed by atoms with E-state index >= 15 is 0 Å². The topological polar surface area (TPSA) is 96.0 Å². The summed E-state index contributed by atoms with van der Waals surface area (Å²) in [5, 5.41) is 3.67. The highest BCUT2D eigenvalue weighted by atomic mass is 35.5. The molecule has 0 saturated heterocycles. The van der Waals surface area contributed by atoms with Gasteiger partial charge in [-0.05, 0) is 58.4 Å². The summed E-state index contributed by atoms with van der Waals surface area (Å²) in [6.45, 7) is 7.30. The van der Waals surface area contributed by atoms with Crippen LogP contribution >= 0.6 is 23.2 Å². The number of methoxy groups -OCH3 is 1. The van der Waals surface area contributed by atoms with Gasteiger partial charge in [-0.3, -0.25) is 13.9 Å². The zero-order valence-corrected chi connectivity index (χ0v) is 24.4. The molecule has 0 fully saturated rings. The van der Waals surface area contributed by atoms with Crippen LogP contribution in [-0.2, 0) is 26.2 Å². The second kappa shape index (κ2) is 12.8. The summed E-state index contributed by atoms with van der Waals surface area (Å²) in [5.74, 6) is -0.131. The molecule has 0 saturated carbocycles. The summed E-state index contributed by atoms with van der Waals surface area (Å²) in [6.07, 6.45) is 1.34. The Kier molecular flexibility index (Phi) is 10.7. The Bertz CT molecular complexity index is 1190. The molecule has 0 aliphatic rings. The summed E-state index contributed by atoms with van der Waals surface area (Å²) in [5.41, 5.74) is 0.477. The van der Waals surface area contributed by atoms with Gasteiger partial charge in [-0.25, -0.2) is 8.42 Å². The Morgan fingerprint density at radius 2 is 1.68 bits per heavy atom. The van der Waals surface area contributed by atoms with Crippen molar-refractivity contribution in [2.45, 2.75) is 58.7 Å². The summed E-state index contributed by atoms with van der Waals surface area (Å²) < 4.78 is 31.4. The average Bonchev–Trinajstić information content (AvgIpc) is 2.79. The van der Waals surface area contributed by atoms with E-state index in [9.17, 15) is 18.0 Å². The van der Waals surface area contributed by atoms with Crippen molar-refractivity contribution in [2.24, 2.45) is 0 Å². The van der Waals surface area contributed by atoms with Crippen LogP contribution in [0.5, 0.6) is 5.75 Å². The highest BCUT2D eigenvalue weighted by molar-refractivity contribution is 7.92. The number of hydrogen-bond donors (Lipinski definition) is 1. The Labute approximate surface area is 229 Å². The minimum Gasteiger partial charge on any atom is -0.497 e. The van der Waals surface area contributed by atoms with Crippen molar-refractivity contribution in [1.29, 1.82) is 0 Å². The minimum atomic E-state index is -3.62. The van der Waals surface area contributed by atoms with E-state index in [1.807, 2.05) is 20.8 Å².